The fourth-order valence-corrected chi connectivity index (χ4v) is 2.93. The van der Waals surface area contributed by atoms with Crippen LogP contribution < -0.4 is 4.90 Å². The Labute approximate surface area is 132 Å². The molecule has 120 valence electrons. The number of amides is 1. The second kappa shape index (κ2) is 6.37. The summed E-state index contributed by atoms with van der Waals surface area (Å²) < 4.78 is 51.2. The zero-order valence-electron chi connectivity index (χ0n) is 11.5. The highest BCUT2D eigenvalue weighted by atomic mass is 35.5. The molecule has 0 spiro atoms. The van der Waals surface area contributed by atoms with Gasteiger partial charge < -0.3 is 0 Å². The number of hydrogen-bond donors (Lipinski definition) is 0. The summed E-state index contributed by atoms with van der Waals surface area (Å²) in [6.45, 7) is 1.01. The lowest BCUT2D eigenvalue weighted by Gasteiger charge is -2.22. The minimum absolute atomic E-state index is 0.0183. The van der Waals surface area contributed by atoms with E-state index in [9.17, 15) is 22.2 Å². The number of alkyl halides is 3. The number of benzene rings is 1. The molecule has 0 bridgehead atoms. The summed E-state index contributed by atoms with van der Waals surface area (Å²) in [6, 6.07) is 3.81. The van der Waals surface area contributed by atoms with Crippen molar-refractivity contribution in [1.29, 1.82) is 0 Å². The van der Waals surface area contributed by atoms with Crippen LogP contribution in [0.3, 0.4) is 0 Å². The third-order valence-electron chi connectivity index (χ3n) is 3.04. The average molecular weight is 353 g/mol. The van der Waals surface area contributed by atoms with Crippen molar-refractivity contribution in [3.63, 3.8) is 0 Å². The van der Waals surface area contributed by atoms with Crippen molar-refractivity contribution in [3.05, 3.63) is 28.8 Å². The van der Waals surface area contributed by atoms with Gasteiger partial charge in [-0.05, 0) is 18.2 Å². The highest BCUT2D eigenvalue weighted by Crippen LogP contribution is 2.33. The largest absolute Gasteiger partial charge is 0.433 e. The van der Waals surface area contributed by atoms with Gasteiger partial charge in [0.1, 0.15) is 18.1 Å². The van der Waals surface area contributed by atoms with E-state index in [2.05, 4.69) is 4.99 Å². The third kappa shape index (κ3) is 3.49. The van der Waals surface area contributed by atoms with E-state index in [4.69, 9.17) is 11.6 Å². The Hall–Kier alpha value is -1.41. The summed E-state index contributed by atoms with van der Waals surface area (Å²) in [5.74, 6) is -0.519. The van der Waals surface area contributed by atoms with Crippen LogP contribution in [0, 0.1) is 0 Å². The second-order valence-electron chi connectivity index (χ2n) is 4.50. The van der Waals surface area contributed by atoms with Crippen LogP contribution in [0.1, 0.15) is 12.5 Å². The van der Waals surface area contributed by atoms with Gasteiger partial charge in [-0.25, -0.2) is 0 Å². The highest BCUT2D eigenvalue weighted by molar-refractivity contribution is 7.85. The van der Waals surface area contributed by atoms with Gasteiger partial charge in [0.25, 0.3) is 0 Å². The molecule has 0 saturated heterocycles. The highest BCUT2D eigenvalue weighted by Gasteiger charge is 2.40. The number of nitrogens with zero attached hydrogens (tertiary/aromatic N) is 2. The summed E-state index contributed by atoms with van der Waals surface area (Å²) in [7, 11) is -1.36. The summed E-state index contributed by atoms with van der Waals surface area (Å²) in [6.07, 6.45) is -4.71. The SMILES string of the molecule is CCS(=O)CN1C(=O)CN=C(C(F)(F)F)c2cc(Cl)ccc21. The third-order valence-corrected chi connectivity index (χ3v) is 4.47. The van der Waals surface area contributed by atoms with Gasteiger partial charge in [0.2, 0.25) is 5.91 Å². The van der Waals surface area contributed by atoms with Crippen molar-refractivity contribution in [2.45, 2.75) is 13.1 Å². The smallest absolute Gasteiger partial charge is 0.298 e. The van der Waals surface area contributed by atoms with Gasteiger partial charge in [-0.2, -0.15) is 13.2 Å². The zero-order valence-corrected chi connectivity index (χ0v) is 13.1. The molecule has 1 atom stereocenters. The standard InChI is InChI=1S/C13H12ClF3N2O2S/c1-2-22(21)7-19-10-4-3-8(14)5-9(10)12(13(15,16)17)18-6-11(19)20/h3-5H,2,6-7H2,1H3. The molecular weight excluding hydrogens is 341 g/mol. The first kappa shape index (κ1) is 17.0. The maximum Gasteiger partial charge on any atom is 0.433 e. The number of carbonyl (C=O) groups is 1. The van der Waals surface area contributed by atoms with E-state index in [1.807, 2.05) is 0 Å². The molecule has 4 nitrogen and oxygen atoms in total. The Bertz CT molecular complexity index is 661. The lowest BCUT2D eigenvalue weighted by molar-refractivity contribution is -0.117. The minimum atomic E-state index is -4.71. The van der Waals surface area contributed by atoms with Crippen molar-refractivity contribution in [2.24, 2.45) is 4.99 Å². The first-order chi connectivity index (χ1) is 10.2. The van der Waals surface area contributed by atoms with E-state index in [1.54, 1.807) is 6.92 Å². The van der Waals surface area contributed by atoms with Crippen molar-refractivity contribution < 1.29 is 22.2 Å². The lowest BCUT2D eigenvalue weighted by Crippen LogP contribution is -2.35. The van der Waals surface area contributed by atoms with Crippen molar-refractivity contribution in [1.82, 2.24) is 0 Å². The van der Waals surface area contributed by atoms with Gasteiger partial charge in [-0.1, -0.05) is 18.5 Å². The van der Waals surface area contributed by atoms with Crippen LogP contribution in [-0.4, -0.2) is 40.2 Å². The normalized spacial score (nSPS) is 16.9. The van der Waals surface area contributed by atoms with Crippen molar-refractivity contribution >= 4 is 39.7 Å². The average Bonchev–Trinajstić information content (AvgIpc) is 2.56. The molecule has 0 aliphatic carbocycles. The van der Waals surface area contributed by atoms with Gasteiger partial charge in [-0.15, -0.1) is 0 Å². The first-order valence-corrected chi connectivity index (χ1v) is 8.17. The molecule has 1 heterocycles. The van der Waals surface area contributed by atoms with E-state index < -0.39 is 35.1 Å². The van der Waals surface area contributed by atoms with Crippen molar-refractivity contribution in [3.8, 4) is 0 Å². The van der Waals surface area contributed by atoms with Gasteiger partial charge in [0.15, 0.2) is 0 Å². The van der Waals surface area contributed by atoms with E-state index in [-0.39, 0.29) is 22.2 Å². The molecule has 1 aromatic rings. The Morgan fingerprint density at radius 2 is 2.09 bits per heavy atom. The monoisotopic (exact) mass is 352 g/mol. The van der Waals surface area contributed by atoms with Crippen LogP contribution in [-0.2, 0) is 15.6 Å². The second-order valence-corrected chi connectivity index (χ2v) is 6.66. The lowest BCUT2D eigenvalue weighted by atomic mass is 10.1. The Balaban J connectivity index is 2.59. The van der Waals surface area contributed by atoms with Crippen LogP contribution in [0.25, 0.3) is 0 Å². The fourth-order valence-electron chi connectivity index (χ4n) is 2.00. The topological polar surface area (TPSA) is 49.7 Å². The number of aliphatic imine (C=N–C) groups is 1. The van der Waals surface area contributed by atoms with Gasteiger partial charge in [0.05, 0.1) is 5.69 Å². The van der Waals surface area contributed by atoms with Crippen LogP contribution in [0.4, 0.5) is 18.9 Å². The van der Waals surface area contributed by atoms with Crippen molar-refractivity contribution in [2.75, 3.05) is 23.1 Å². The molecule has 0 aromatic heterocycles. The first-order valence-electron chi connectivity index (χ1n) is 6.31. The molecule has 0 radical (unpaired) electrons. The number of carbonyl (C=O) groups excluding carboxylic acids is 1. The molecular formula is C13H12ClF3N2O2S. The fraction of sp³-hybridized carbons (Fsp3) is 0.385. The Morgan fingerprint density at radius 3 is 2.68 bits per heavy atom. The van der Waals surface area contributed by atoms with Gasteiger partial charge >= 0.3 is 6.18 Å². The van der Waals surface area contributed by atoms with E-state index >= 15 is 0 Å². The number of benzodiazepines with no additional fused rings is 1. The summed E-state index contributed by atoms with van der Waals surface area (Å²) in [4.78, 5) is 16.5. The number of anilines is 1. The number of halogens is 4. The molecule has 0 fully saturated rings. The summed E-state index contributed by atoms with van der Waals surface area (Å²) >= 11 is 5.78. The van der Waals surface area contributed by atoms with Crippen LogP contribution >= 0.6 is 11.6 Å². The van der Waals surface area contributed by atoms with Gasteiger partial charge in [-0.3, -0.25) is 18.9 Å². The zero-order chi connectivity index (χ0) is 16.5. The minimum Gasteiger partial charge on any atom is -0.298 e. The van der Waals surface area contributed by atoms with E-state index in [0.29, 0.717) is 5.75 Å². The van der Waals surface area contributed by atoms with Gasteiger partial charge in [0, 0.05) is 27.1 Å². The molecule has 22 heavy (non-hydrogen) atoms. The Kier molecular flexibility index (Phi) is 4.91. The molecule has 9 heteroatoms. The number of hydrogen-bond acceptors (Lipinski definition) is 3. The Morgan fingerprint density at radius 1 is 1.41 bits per heavy atom. The molecule has 2 rings (SSSR count). The van der Waals surface area contributed by atoms with E-state index in [0.717, 1.165) is 11.0 Å². The molecule has 1 amide bonds. The predicted octanol–water partition coefficient (Wildman–Crippen LogP) is 2.76. The molecule has 0 N–H and O–H groups in total. The summed E-state index contributed by atoms with van der Waals surface area (Å²) in [5.41, 5.74) is -1.41. The maximum absolute atomic E-state index is 13.2. The maximum atomic E-state index is 13.2. The predicted molar refractivity (Wildman–Crippen MR) is 79.9 cm³/mol. The molecule has 0 saturated carbocycles. The molecule has 1 aliphatic heterocycles. The molecule has 1 aliphatic rings. The summed E-state index contributed by atoms with van der Waals surface area (Å²) in [5, 5.41) is 0.0987. The number of rotatable bonds is 3. The van der Waals surface area contributed by atoms with Crippen LogP contribution in [0.5, 0.6) is 0 Å². The molecule has 1 aromatic carbocycles. The quantitative estimate of drug-likeness (QED) is 0.840. The molecule has 1 unspecified atom stereocenters. The van der Waals surface area contributed by atoms with Crippen LogP contribution in [0.2, 0.25) is 5.02 Å². The van der Waals surface area contributed by atoms with Crippen LogP contribution in [0.15, 0.2) is 23.2 Å². The van der Waals surface area contributed by atoms with E-state index in [1.165, 1.54) is 12.1 Å². The number of fused-ring (bicyclic) bond motifs is 1.